The number of fused-ring (bicyclic) bond motifs is 1. The molecule has 0 saturated heterocycles. The molecule has 6 nitrogen and oxygen atoms in total. The van der Waals surface area contributed by atoms with E-state index in [0.29, 0.717) is 0 Å². The number of nitrogens with zero attached hydrogens (tertiary/aromatic N) is 1. The summed E-state index contributed by atoms with van der Waals surface area (Å²) in [6.07, 6.45) is -0.774. The zero-order valence-electron chi connectivity index (χ0n) is 9.85. The van der Waals surface area contributed by atoms with Crippen LogP contribution in [0.2, 0.25) is 0 Å². The van der Waals surface area contributed by atoms with Crippen molar-refractivity contribution in [3.8, 4) is 0 Å². The van der Waals surface area contributed by atoms with Gasteiger partial charge in [0.2, 0.25) is 0 Å². The molecule has 96 valence electrons. The third kappa shape index (κ3) is 2.16. The SMILES string of the molecule is CC(C)(F)C1OC(=O)Nc2nccc(B(O)O)c21. The molecule has 1 aromatic rings. The highest BCUT2D eigenvalue weighted by atomic mass is 19.1. The van der Waals surface area contributed by atoms with Gasteiger partial charge in [-0.25, -0.2) is 14.2 Å². The topological polar surface area (TPSA) is 91.7 Å². The minimum absolute atomic E-state index is 0.0516. The first-order valence-electron chi connectivity index (χ1n) is 5.32. The van der Waals surface area contributed by atoms with Gasteiger partial charge in [-0.05, 0) is 25.4 Å². The number of anilines is 1. The Morgan fingerprint density at radius 1 is 1.56 bits per heavy atom. The van der Waals surface area contributed by atoms with Gasteiger partial charge in [-0.1, -0.05) is 0 Å². The molecule has 0 saturated carbocycles. The molecule has 0 bridgehead atoms. The van der Waals surface area contributed by atoms with Crippen LogP contribution in [0.1, 0.15) is 25.5 Å². The first-order chi connectivity index (χ1) is 8.30. The molecule has 0 spiro atoms. The number of hydrogen-bond donors (Lipinski definition) is 3. The van der Waals surface area contributed by atoms with E-state index >= 15 is 0 Å². The lowest BCUT2D eigenvalue weighted by atomic mass is 9.74. The molecule has 0 radical (unpaired) electrons. The van der Waals surface area contributed by atoms with Gasteiger partial charge in [-0.3, -0.25) is 5.32 Å². The van der Waals surface area contributed by atoms with Crippen LogP contribution < -0.4 is 10.8 Å². The average molecular weight is 254 g/mol. The fourth-order valence-electron chi connectivity index (χ4n) is 1.86. The Kier molecular flexibility index (Phi) is 3.00. The predicted octanol–water partition coefficient (Wildman–Crippen LogP) is 0.113. The number of alkyl halides is 1. The lowest BCUT2D eigenvalue weighted by Gasteiger charge is -2.33. The number of carbonyl (C=O) groups is 1. The molecule has 1 aliphatic rings. The number of amides is 1. The van der Waals surface area contributed by atoms with E-state index in [1.54, 1.807) is 0 Å². The molecule has 1 amide bonds. The first-order valence-corrected chi connectivity index (χ1v) is 5.32. The van der Waals surface area contributed by atoms with Crippen molar-refractivity contribution in [1.29, 1.82) is 0 Å². The monoisotopic (exact) mass is 254 g/mol. The van der Waals surface area contributed by atoms with E-state index < -0.39 is 25.0 Å². The summed E-state index contributed by atoms with van der Waals surface area (Å²) in [4.78, 5) is 15.2. The molecule has 2 rings (SSSR count). The van der Waals surface area contributed by atoms with Gasteiger partial charge in [0, 0.05) is 11.8 Å². The van der Waals surface area contributed by atoms with Crippen LogP contribution in [0.5, 0.6) is 0 Å². The van der Waals surface area contributed by atoms with Crippen molar-refractivity contribution in [2.45, 2.75) is 25.6 Å². The molecule has 0 aliphatic carbocycles. The van der Waals surface area contributed by atoms with Crippen LogP contribution in [0.3, 0.4) is 0 Å². The highest BCUT2D eigenvalue weighted by Crippen LogP contribution is 2.37. The summed E-state index contributed by atoms with van der Waals surface area (Å²) >= 11 is 0. The zero-order chi connectivity index (χ0) is 13.5. The number of aromatic nitrogens is 1. The summed E-state index contributed by atoms with van der Waals surface area (Å²) < 4.78 is 19.0. The molecule has 1 aliphatic heterocycles. The normalized spacial score (nSPS) is 18.7. The van der Waals surface area contributed by atoms with Crippen molar-refractivity contribution in [2.75, 3.05) is 5.32 Å². The molecule has 0 fully saturated rings. The molecule has 3 N–H and O–H groups in total. The molecule has 18 heavy (non-hydrogen) atoms. The van der Waals surface area contributed by atoms with Crippen LogP contribution in [0, 0.1) is 0 Å². The van der Waals surface area contributed by atoms with Crippen molar-refractivity contribution >= 4 is 24.5 Å². The van der Waals surface area contributed by atoms with Gasteiger partial charge < -0.3 is 14.8 Å². The van der Waals surface area contributed by atoms with Crippen LogP contribution in [0.25, 0.3) is 0 Å². The van der Waals surface area contributed by atoms with Crippen LogP contribution >= 0.6 is 0 Å². The van der Waals surface area contributed by atoms with Gasteiger partial charge in [0.15, 0.2) is 6.10 Å². The van der Waals surface area contributed by atoms with Crippen LogP contribution in [-0.4, -0.2) is 33.9 Å². The van der Waals surface area contributed by atoms with Crippen LogP contribution in [-0.2, 0) is 4.74 Å². The average Bonchev–Trinajstić information content (AvgIpc) is 2.25. The summed E-state index contributed by atoms with van der Waals surface area (Å²) in [5, 5.41) is 20.8. The van der Waals surface area contributed by atoms with Gasteiger partial charge in [0.1, 0.15) is 11.5 Å². The molecule has 2 heterocycles. The smallest absolute Gasteiger partial charge is 0.438 e. The molecular formula is C10H12BFN2O4. The van der Waals surface area contributed by atoms with E-state index in [2.05, 4.69) is 10.3 Å². The Labute approximate surface area is 103 Å². The molecule has 1 aromatic heterocycles. The number of nitrogens with one attached hydrogen (secondary N) is 1. The van der Waals surface area contributed by atoms with E-state index in [9.17, 15) is 19.2 Å². The fourth-order valence-corrected chi connectivity index (χ4v) is 1.86. The second-order valence-electron chi connectivity index (χ2n) is 4.51. The van der Waals surface area contributed by atoms with E-state index in [0.717, 1.165) is 0 Å². The highest BCUT2D eigenvalue weighted by molar-refractivity contribution is 6.59. The lowest BCUT2D eigenvalue weighted by molar-refractivity contribution is 0.000781. The fraction of sp³-hybridized carbons (Fsp3) is 0.400. The maximum Gasteiger partial charge on any atom is 0.489 e. The van der Waals surface area contributed by atoms with E-state index in [1.165, 1.54) is 26.1 Å². The van der Waals surface area contributed by atoms with Gasteiger partial charge >= 0.3 is 13.2 Å². The van der Waals surface area contributed by atoms with Crippen molar-refractivity contribution in [1.82, 2.24) is 4.98 Å². The molecule has 1 unspecified atom stereocenters. The lowest BCUT2D eigenvalue weighted by Crippen LogP contribution is -2.43. The Balaban J connectivity index is 2.61. The molecular weight excluding hydrogens is 242 g/mol. The van der Waals surface area contributed by atoms with Crippen molar-refractivity contribution in [2.24, 2.45) is 0 Å². The maximum absolute atomic E-state index is 14.1. The van der Waals surface area contributed by atoms with Crippen LogP contribution in [0.15, 0.2) is 12.3 Å². The third-order valence-corrected chi connectivity index (χ3v) is 2.63. The summed E-state index contributed by atoms with van der Waals surface area (Å²) in [5.74, 6) is 0.0765. The number of carbonyl (C=O) groups excluding carboxylic acids is 1. The highest BCUT2D eigenvalue weighted by Gasteiger charge is 2.42. The minimum atomic E-state index is -1.88. The van der Waals surface area contributed by atoms with E-state index in [-0.39, 0.29) is 16.8 Å². The van der Waals surface area contributed by atoms with Gasteiger partial charge in [-0.2, -0.15) is 0 Å². The number of hydrogen-bond acceptors (Lipinski definition) is 5. The third-order valence-electron chi connectivity index (χ3n) is 2.63. The van der Waals surface area contributed by atoms with Gasteiger partial charge in [0.05, 0.1) is 0 Å². The Hall–Kier alpha value is -1.67. The van der Waals surface area contributed by atoms with E-state index in [1.807, 2.05) is 0 Å². The summed E-state index contributed by atoms with van der Waals surface area (Å²) in [5.41, 5.74) is -1.69. The molecule has 8 heteroatoms. The summed E-state index contributed by atoms with van der Waals surface area (Å²) in [6.45, 7) is 2.47. The number of cyclic esters (lactones) is 1. The Bertz CT molecular complexity index is 489. The summed E-state index contributed by atoms with van der Waals surface area (Å²) in [6, 6.07) is 1.34. The standard InChI is InChI=1S/C10H12BFN2O4/c1-10(2,12)7-6-5(11(16)17)3-4-13-8(6)14-9(15)18-7/h3-4,7,16-17H,1-2H3,(H,13,14,15). The Morgan fingerprint density at radius 3 is 2.78 bits per heavy atom. The number of pyridine rings is 1. The number of ether oxygens (including phenoxy) is 1. The minimum Gasteiger partial charge on any atom is -0.438 e. The largest absolute Gasteiger partial charge is 0.489 e. The van der Waals surface area contributed by atoms with Crippen molar-refractivity contribution in [3.05, 3.63) is 17.8 Å². The van der Waals surface area contributed by atoms with Crippen molar-refractivity contribution in [3.63, 3.8) is 0 Å². The predicted molar refractivity (Wildman–Crippen MR) is 62.1 cm³/mol. The number of halogens is 1. The first kappa shape index (κ1) is 12.8. The second kappa shape index (κ2) is 4.22. The maximum atomic E-state index is 14.1. The molecule has 0 aromatic carbocycles. The quantitative estimate of drug-likeness (QED) is 0.651. The van der Waals surface area contributed by atoms with Crippen molar-refractivity contribution < 1.29 is 24.0 Å². The Morgan fingerprint density at radius 2 is 2.22 bits per heavy atom. The van der Waals surface area contributed by atoms with E-state index in [4.69, 9.17) is 4.74 Å². The van der Waals surface area contributed by atoms with Gasteiger partial charge in [0.25, 0.3) is 0 Å². The number of rotatable bonds is 2. The van der Waals surface area contributed by atoms with Gasteiger partial charge in [-0.15, -0.1) is 0 Å². The molecule has 1 atom stereocenters. The summed E-state index contributed by atoms with van der Waals surface area (Å²) in [7, 11) is -1.80. The zero-order valence-corrected chi connectivity index (χ0v) is 9.85. The van der Waals surface area contributed by atoms with Crippen LogP contribution in [0.4, 0.5) is 15.0 Å². The second-order valence-corrected chi connectivity index (χ2v) is 4.51.